The molecule has 1 saturated heterocycles. The first-order chi connectivity index (χ1) is 11.9. The molecule has 2 heterocycles. The Kier molecular flexibility index (Phi) is 5.44. The van der Waals surface area contributed by atoms with E-state index in [1.165, 1.54) is 0 Å². The number of likely N-dealkylation sites (tertiary alicyclic amines) is 1. The van der Waals surface area contributed by atoms with Gasteiger partial charge in [0.15, 0.2) is 5.82 Å². The van der Waals surface area contributed by atoms with Gasteiger partial charge in [0, 0.05) is 31.5 Å². The molecular formula is C17H18BrClN4O2. The van der Waals surface area contributed by atoms with Crippen LogP contribution >= 0.6 is 27.5 Å². The van der Waals surface area contributed by atoms with Crippen LogP contribution < -0.4 is 9.64 Å². The summed E-state index contributed by atoms with van der Waals surface area (Å²) in [7, 11) is 3.79. The Morgan fingerprint density at radius 1 is 1.40 bits per heavy atom. The summed E-state index contributed by atoms with van der Waals surface area (Å²) in [6.07, 6.45) is 3.89. The summed E-state index contributed by atoms with van der Waals surface area (Å²) in [4.78, 5) is 24.8. The molecule has 1 unspecified atom stereocenters. The molecule has 1 fully saturated rings. The van der Waals surface area contributed by atoms with Gasteiger partial charge in [0.2, 0.25) is 5.88 Å². The molecule has 3 rings (SSSR count). The second-order valence-electron chi connectivity index (χ2n) is 6.01. The third-order valence-electron chi connectivity index (χ3n) is 3.94. The monoisotopic (exact) mass is 424 g/mol. The van der Waals surface area contributed by atoms with Crippen molar-refractivity contribution < 1.29 is 9.53 Å². The summed E-state index contributed by atoms with van der Waals surface area (Å²) in [5, 5.41) is 0.446. The van der Waals surface area contributed by atoms with Crippen LogP contribution in [0.15, 0.2) is 35.1 Å². The molecule has 1 aliphatic heterocycles. The number of benzene rings is 1. The van der Waals surface area contributed by atoms with Crippen molar-refractivity contribution in [3.8, 4) is 5.88 Å². The number of hydrogen-bond acceptors (Lipinski definition) is 5. The topological polar surface area (TPSA) is 58.6 Å². The molecule has 0 spiro atoms. The van der Waals surface area contributed by atoms with Crippen molar-refractivity contribution in [1.82, 2.24) is 14.9 Å². The van der Waals surface area contributed by atoms with Crippen molar-refractivity contribution in [3.05, 3.63) is 45.7 Å². The van der Waals surface area contributed by atoms with Crippen LogP contribution in [0, 0.1) is 0 Å². The highest BCUT2D eigenvalue weighted by Gasteiger charge is 2.29. The second-order valence-corrected chi connectivity index (χ2v) is 7.34. The third-order valence-corrected chi connectivity index (χ3v) is 4.76. The van der Waals surface area contributed by atoms with E-state index in [0.717, 1.165) is 16.7 Å². The third kappa shape index (κ3) is 4.22. The molecule has 1 atom stereocenters. The fourth-order valence-corrected chi connectivity index (χ4v) is 3.18. The molecule has 1 aliphatic rings. The Hall–Kier alpha value is -1.86. The Bertz CT molecular complexity index is 787. The van der Waals surface area contributed by atoms with E-state index in [1.807, 2.05) is 25.1 Å². The lowest BCUT2D eigenvalue weighted by atomic mass is 10.2. The number of ether oxygens (including phenoxy) is 1. The van der Waals surface area contributed by atoms with Gasteiger partial charge in [0.25, 0.3) is 5.91 Å². The maximum absolute atomic E-state index is 12.7. The highest BCUT2D eigenvalue weighted by Crippen LogP contribution is 2.25. The van der Waals surface area contributed by atoms with Crippen molar-refractivity contribution in [2.75, 3.05) is 32.1 Å². The van der Waals surface area contributed by atoms with E-state index in [4.69, 9.17) is 16.3 Å². The molecule has 132 valence electrons. The largest absolute Gasteiger partial charge is 0.471 e. The second kappa shape index (κ2) is 7.58. The van der Waals surface area contributed by atoms with E-state index < -0.39 is 0 Å². The van der Waals surface area contributed by atoms with Gasteiger partial charge in [-0.1, -0.05) is 27.5 Å². The van der Waals surface area contributed by atoms with E-state index in [2.05, 4.69) is 25.9 Å². The number of hydrogen-bond donors (Lipinski definition) is 0. The lowest BCUT2D eigenvalue weighted by Gasteiger charge is -2.18. The van der Waals surface area contributed by atoms with Gasteiger partial charge in [-0.3, -0.25) is 9.78 Å². The van der Waals surface area contributed by atoms with Gasteiger partial charge in [-0.15, -0.1) is 0 Å². The van der Waals surface area contributed by atoms with Crippen molar-refractivity contribution in [3.63, 3.8) is 0 Å². The number of rotatable bonds is 4. The number of amides is 1. The van der Waals surface area contributed by atoms with E-state index in [1.54, 1.807) is 29.4 Å². The number of carbonyl (C=O) groups is 1. The smallest absolute Gasteiger partial charge is 0.255 e. The first-order valence-electron chi connectivity index (χ1n) is 7.84. The summed E-state index contributed by atoms with van der Waals surface area (Å²) in [6.45, 7) is 1.11. The Morgan fingerprint density at radius 2 is 2.20 bits per heavy atom. The minimum absolute atomic E-state index is 0.0921. The van der Waals surface area contributed by atoms with Crippen molar-refractivity contribution in [2.45, 2.75) is 12.5 Å². The number of carbonyl (C=O) groups excluding carboxylic acids is 1. The van der Waals surface area contributed by atoms with Crippen molar-refractivity contribution in [2.24, 2.45) is 0 Å². The van der Waals surface area contributed by atoms with Gasteiger partial charge in [-0.2, -0.15) is 4.98 Å². The average molecular weight is 426 g/mol. The predicted octanol–water partition coefficient (Wildman–Crippen LogP) is 3.25. The van der Waals surface area contributed by atoms with Gasteiger partial charge in [-0.05, 0) is 18.2 Å². The van der Waals surface area contributed by atoms with Gasteiger partial charge in [0.1, 0.15) is 6.10 Å². The van der Waals surface area contributed by atoms with E-state index in [-0.39, 0.29) is 12.0 Å². The fraction of sp³-hybridized carbons (Fsp3) is 0.353. The van der Waals surface area contributed by atoms with Crippen LogP contribution in [0.3, 0.4) is 0 Å². The highest BCUT2D eigenvalue weighted by atomic mass is 79.9. The quantitative estimate of drug-likeness (QED) is 0.752. The SMILES string of the molecule is CN(C)c1cncc(OC2CCN(C(=O)c3cc(Br)ccc3Cl)C2)n1. The maximum atomic E-state index is 12.7. The Morgan fingerprint density at radius 3 is 2.96 bits per heavy atom. The van der Waals surface area contributed by atoms with Crippen LogP contribution in [0.1, 0.15) is 16.8 Å². The van der Waals surface area contributed by atoms with Gasteiger partial charge in [-0.25, -0.2) is 0 Å². The summed E-state index contributed by atoms with van der Waals surface area (Å²) in [5.41, 5.74) is 0.492. The van der Waals surface area contributed by atoms with Gasteiger partial charge >= 0.3 is 0 Å². The first-order valence-corrected chi connectivity index (χ1v) is 9.01. The van der Waals surface area contributed by atoms with Crippen LogP contribution in [-0.2, 0) is 0 Å². The molecule has 1 amide bonds. The zero-order valence-electron chi connectivity index (χ0n) is 13.9. The minimum Gasteiger partial charge on any atom is -0.471 e. The van der Waals surface area contributed by atoms with Crippen LogP contribution in [0.2, 0.25) is 5.02 Å². The average Bonchev–Trinajstić information content (AvgIpc) is 3.05. The lowest BCUT2D eigenvalue weighted by Crippen LogP contribution is -2.31. The number of nitrogens with zero attached hydrogens (tertiary/aromatic N) is 4. The molecule has 1 aromatic carbocycles. The maximum Gasteiger partial charge on any atom is 0.255 e. The standard InChI is InChI=1S/C17H18BrClN4O2/c1-22(2)15-8-20-9-16(21-15)25-12-5-6-23(10-12)17(24)13-7-11(18)3-4-14(13)19/h3-4,7-9,12H,5-6,10H2,1-2H3. The molecular weight excluding hydrogens is 408 g/mol. The molecule has 1 aromatic heterocycles. The van der Waals surface area contributed by atoms with Gasteiger partial charge in [0.05, 0.1) is 29.5 Å². The summed E-state index contributed by atoms with van der Waals surface area (Å²) in [5.74, 6) is 1.10. The number of anilines is 1. The van der Waals surface area contributed by atoms with Crippen LogP contribution in [-0.4, -0.2) is 54.1 Å². The molecule has 25 heavy (non-hydrogen) atoms. The van der Waals surface area contributed by atoms with E-state index in [9.17, 15) is 4.79 Å². The number of aromatic nitrogens is 2. The zero-order chi connectivity index (χ0) is 18.0. The van der Waals surface area contributed by atoms with Crippen LogP contribution in [0.5, 0.6) is 5.88 Å². The first kappa shape index (κ1) is 17.9. The highest BCUT2D eigenvalue weighted by molar-refractivity contribution is 9.10. The summed E-state index contributed by atoms with van der Waals surface area (Å²) >= 11 is 9.53. The predicted molar refractivity (Wildman–Crippen MR) is 100 cm³/mol. The van der Waals surface area contributed by atoms with E-state index >= 15 is 0 Å². The summed E-state index contributed by atoms with van der Waals surface area (Å²) < 4.78 is 6.72. The van der Waals surface area contributed by atoms with Crippen LogP contribution in [0.25, 0.3) is 0 Å². The molecule has 0 aliphatic carbocycles. The zero-order valence-corrected chi connectivity index (χ0v) is 16.3. The van der Waals surface area contributed by atoms with Crippen molar-refractivity contribution >= 4 is 39.3 Å². The van der Waals surface area contributed by atoms with Crippen LogP contribution in [0.4, 0.5) is 5.82 Å². The normalized spacial score (nSPS) is 16.8. The molecule has 0 radical (unpaired) electrons. The molecule has 0 saturated carbocycles. The Balaban J connectivity index is 1.66. The Labute approximate surface area is 159 Å². The van der Waals surface area contributed by atoms with E-state index in [0.29, 0.717) is 29.6 Å². The van der Waals surface area contributed by atoms with Gasteiger partial charge < -0.3 is 14.5 Å². The molecule has 0 bridgehead atoms. The molecule has 0 N–H and O–H groups in total. The molecule has 2 aromatic rings. The summed E-state index contributed by atoms with van der Waals surface area (Å²) in [6, 6.07) is 5.27. The minimum atomic E-state index is -0.110. The molecule has 8 heteroatoms. The fourth-order valence-electron chi connectivity index (χ4n) is 2.62. The molecule has 6 nitrogen and oxygen atoms in total. The van der Waals surface area contributed by atoms with Crippen molar-refractivity contribution in [1.29, 1.82) is 0 Å². The lowest BCUT2D eigenvalue weighted by molar-refractivity contribution is 0.0771. The number of halogens is 2.